The van der Waals surface area contributed by atoms with E-state index in [2.05, 4.69) is 16.4 Å². The molecule has 1 heterocycles. The highest BCUT2D eigenvalue weighted by atomic mass is 32.2. The molecule has 0 bridgehead atoms. The average Bonchev–Trinajstić information content (AvgIpc) is 2.53. The summed E-state index contributed by atoms with van der Waals surface area (Å²) in [7, 11) is 0. The number of thioether (sulfide) groups is 1. The Morgan fingerprint density at radius 3 is 2.54 bits per heavy atom. The summed E-state index contributed by atoms with van der Waals surface area (Å²) in [5.41, 5.74) is 6.42. The SMILES string of the molecule is Cc1ccc(NC(=O)CSc2nc(C)c(C)c(C)c2C#N)c(C)c1. The molecule has 4 nitrogen and oxygen atoms in total. The lowest BCUT2D eigenvalue weighted by Crippen LogP contribution is -2.15. The van der Waals surface area contributed by atoms with Gasteiger partial charge in [0.25, 0.3) is 0 Å². The van der Waals surface area contributed by atoms with E-state index in [1.165, 1.54) is 11.8 Å². The molecule has 0 atom stereocenters. The zero-order valence-corrected chi connectivity index (χ0v) is 15.5. The molecular weight excluding hydrogens is 318 g/mol. The number of anilines is 1. The molecule has 0 saturated heterocycles. The number of pyridine rings is 1. The van der Waals surface area contributed by atoms with E-state index in [1.54, 1.807) is 0 Å². The minimum atomic E-state index is -0.103. The fraction of sp³-hybridized carbons (Fsp3) is 0.316. The van der Waals surface area contributed by atoms with Gasteiger partial charge < -0.3 is 5.32 Å². The van der Waals surface area contributed by atoms with Crippen LogP contribution in [0, 0.1) is 45.9 Å². The quantitative estimate of drug-likeness (QED) is 0.847. The number of carbonyl (C=O) groups is 1. The van der Waals surface area contributed by atoms with E-state index in [4.69, 9.17) is 0 Å². The molecule has 2 rings (SSSR count). The van der Waals surface area contributed by atoms with E-state index >= 15 is 0 Å². The molecule has 0 aliphatic carbocycles. The zero-order valence-electron chi connectivity index (χ0n) is 14.7. The number of hydrogen-bond donors (Lipinski definition) is 1. The molecule has 0 spiro atoms. The van der Waals surface area contributed by atoms with Crippen LogP contribution in [0.4, 0.5) is 5.69 Å². The standard InChI is InChI=1S/C19H21N3OS/c1-11-6-7-17(12(2)8-11)22-18(23)10-24-19-16(9-20)14(4)13(3)15(5)21-19/h6-8H,10H2,1-5H3,(H,22,23). The maximum atomic E-state index is 12.2. The molecule has 0 aliphatic heterocycles. The predicted molar refractivity (Wildman–Crippen MR) is 98.4 cm³/mol. The molecule has 0 radical (unpaired) electrons. The molecule has 1 amide bonds. The van der Waals surface area contributed by atoms with E-state index in [1.807, 2.05) is 52.8 Å². The van der Waals surface area contributed by atoms with Crippen molar-refractivity contribution in [1.82, 2.24) is 4.98 Å². The third kappa shape index (κ3) is 3.95. The fourth-order valence-corrected chi connectivity index (χ4v) is 3.31. The van der Waals surface area contributed by atoms with Gasteiger partial charge in [-0.05, 0) is 57.4 Å². The van der Waals surface area contributed by atoms with Crippen LogP contribution < -0.4 is 5.32 Å². The van der Waals surface area contributed by atoms with Crippen molar-refractivity contribution in [1.29, 1.82) is 5.26 Å². The molecule has 0 saturated carbocycles. The summed E-state index contributed by atoms with van der Waals surface area (Å²) in [6.07, 6.45) is 0. The van der Waals surface area contributed by atoms with Gasteiger partial charge in [0.05, 0.1) is 11.3 Å². The number of nitriles is 1. The average molecular weight is 339 g/mol. The monoisotopic (exact) mass is 339 g/mol. The van der Waals surface area contributed by atoms with Crippen LogP contribution in [-0.2, 0) is 4.79 Å². The van der Waals surface area contributed by atoms with E-state index in [-0.39, 0.29) is 11.7 Å². The predicted octanol–water partition coefficient (Wildman–Crippen LogP) is 4.23. The highest BCUT2D eigenvalue weighted by molar-refractivity contribution is 8.00. The first-order valence-electron chi connectivity index (χ1n) is 7.71. The van der Waals surface area contributed by atoms with Crippen LogP contribution in [-0.4, -0.2) is 16.6 Å². The molecule has 0 aliphatic rings. The Labute approximate surface area is 147 Å². The molecule has 2 aromatic rings. The first-order chi connectivity index (χ1) is 11.3. The summed E-state index contributed by atoms with van der Waals surface area (Å²) in [5, 5.41) is 12.9. The number of nitrogens with zero attached hydrogens (tertiary/aromatic N) is 2. The van der Waals surface area contributed by atoms with Gasteiger partial charge >= 0.3 is 0 Å². The molecule has 1 aromatic carbocycles. The second kappa shape index (κ2) is 7.50. The van der Waals surface area contributed by atoms with E-state index in [9.17, 15) is 10.1 Å². The van der Waals surface area contributed by atoms with Crippen LogP contribution in [0.15, 0.2) is 23.2 Å². The third-order valence-corrected chi connectivity index (χ3v) is 5.05. The van der Waals surface area contributed by atoms with Crippen molar-refractivity contribution >= 4 is 23.4 Å². The lowest BCUT2D eigenvalue weighted by Gasteiger charge is -2.12. The first kappa shape index (κ1) is 18.0. The lowest BCUT2D eigenvalue weighted by molar-refractivity contribution is -0.113. The maximum Gasteiger partial charge on any atom is 0.234 e. The zero-order chi connectivity index (χ0) is 17.9. The van der Waals surface area contributed by atoms with Crippen LogP contribution in [0.3, 0.4) is 0 Å². The van der Waals surface area contributed by atoms with Gasteiger partial charge in [-0.2, -0.15) is 5.26 Å². The van der Waals surface area contributed by atoms with Gasteiger partial charge in [0.15, 0.2) is 0 Å². The topological polar surface area (TPSA) is 65.8 Å². The first-order valence-corrected chi connectivity index (χ1v) is 8.69. The van der Waals surface area contributed by atoms with Crippen LogP contribution in [0.5, 0.6) is 0 Å². The molecule has 1 aromatic heterocycles. The van der Waals surface area contributed by atoms with Crippen LogP contribution >= 0.6 is 11.8 Å². The molecule has 0 fully saturated rings. The summed E-state index contributed by atoms with van der Waals surface area (Å²) in [6.45, 7) is 9.79. The Morgan fingerprint density at radius 2 is 1.92 bits per heavy atom. The largest absolute Gasteiger partial charge is 0.325 e. The van der Waals surface area contributed by atoms with Crippen molar-refractivity contribution in [3.63, 3.8) is 0 Å². The second-order valence-corrected chi connectivity index (χ2v) is 6.86. The van der Waals surface area contributed by atoms with E-state index < -0.39 is 0 Å². The van der Waals surface area contributed by atoms with Crippen molar-refractivity contribution in [2.45, 2.75) is 39.6 Å². The number of amides is 1. The van der Waals surface area contributed by atoms with Crippen molar-refractivity contribution in [2.24, 2.45) is 0 Å². The fourth-order valence-electron chi connectivity index (χ4n) is 2.42. The summed E-state index contributed by atoms with van der Waals surface area (Å²) in [5.74, 6) is 0.116. The summed E-state index contributed by atoms with van der Waals surface area (Å²) in [4.78, 5) is 16.7. The maximum absolute atomic E-state index is 12.2. The Balaban J connectivity index is 2.11. The van der Waals surface area contributed by atoms with Crippen LogP contribution in [0.1, 0.15) is 33.5 Å². The molecule has 5 heteroatoms. The highest BCUT2D eigenvalue weighted by Gasteiger charge is 2.14. The number of rotatable bonds is 4. The van der Waals surface area contributed by atoms with Gasteiger partial charge in [-0.25, -0.2) is 4.98 Å². The Kier molecular flexibility index (Phi) is 5.63. The van der Waals surface area contributed by atoms with E-state index in [0.717, 1.165) is 33.6 Å². The number of aromatic nitrogens is 1. The summed E-state index contributed by atoms with van der Waals surface area (Å²) in [6, 6.07) is 8.12. The number of hydrogen-bond acceptors (Lipinski definition) is 4. The van der Waals surface area contributed by atoms with Crippen molar-refractivity contribution in [3.8, 4) is 6.07 Å². The summed E-state index contributed by atoms with van der Waals surface area (Å²) >= 11 is 1.30. The van der Waals surface area contributed by atoms with Crippen LogP contribution in [0.2, 0.25) is 0 Å². The Hall–Kier alpha value is -2.32. The van der Waals surface area contributed by atoms with Crippen molar-refractivity contribution in [2.75, 3.05) is 11.1 Å². The number of aryl methyl sites for hydroxylation is 3. The molecule has 124 valence electrons. The van der Waals surface area contributed by atoms with Gasteiger partial charge in [0.2, 0.25) is 5.91 Å². The normalized spacial score (nSPS) is 10.3. The summed E-state index contributed by atoms with van der Waals surface area (Å²) < 4.78 is 0. The van der Waals surface area contributed by atoms with Gasteiger partial charge in [-0.15, -0.1) is 0 Å². The van der Waals surface area contributed by atoms with Crippen LogP contribution in [0.25, 0.3) is 0 Å². The highest BCUT2D eigenvalue weighted by Crippen LogP contribution is 2.26. The number of benzene rings is 1. The molecule has 24 heavy (non-hydrogen) atoms. The van der Waals surface area contributed by atoms with E-state index in [0.29, 0.717) is 10.6 Å². The lowest BCUT2D eigenvalue weighted by atomic mass is 10.1. The minimum Gasteiger partial charge on any atom is -0.325 e. The second-order valence-electron chi connectivity index (χ2n) is 5.89. The van der Waals surface area contributed by atoms with Gasteiger partial charge in [-0.3, -0.25) is 4.79 Å². The number of nitrogens with one attached hydrogen (secondary N) is 1. The van der Waals surface area contributed by atoms with Gasteiger partial charge in [0, 0.05) is 11.4 Å². The number of carbonyl (C=O) groups excluding carboxylic acids is 1. The molecule has 0 unspecified atom stereocenters. The third-order valence-electron chi connectivity index (χ3n) is 4.07. The Morgan fingerprint density at radius 1 is 1.21 bits per heavy atom. The minimum absolute atomic E-state index is 0.103. The molecule has 1 N–H and O–H groups in total. The smallest absolute Gasteiger partial charge is 0.234 e. The van der Waals surface area contributed by atoms with Crippen molar-refractivity contribution < 1.29 is 4.79 Å². The van der Waals surface area contributed by atoms with Crippen molar-refractivity contribution in [3.05, 3.63) is 51.7 Å². The van der Waals surface area contributed by atoms with Gasteiger partial charge in [-0.1, -0.05) is 29.5 Å². The Bertz CT molecular complexity index is 837. The molecular formula is C19H21N3OS. The van der Waals surface area contributed by atoms with Gasteiger partial charge in [0.1, 0.15) is 11.1 Å².